The Morgan fingerprint density at radius 2 is 1.59 bits per heavy atom. The molecule has 0 aliphatic rings. The average Bonchev–Trinajstić information content (AvgIpc) is 2.64. The molecule has 0 aliphatic carbocycles. The summed E-state index contributed by atoms with van der Waals surface area (Å²) in [6.07, 6.45) is 3.94. The van der Waals surface area contributed by atoms with E-state index < -0.39 is 15.7 Å². The van der Waals surface area contributed by atoms with Crippen molar-refractivity contribution in [3.8, 4) is 17.2 Å². The summed E-state index contributed by atoms with van der Waals surface area (Å²) < 4.78 is 39.4. The van der Waals surface area contributed by atoms with Crippen molar-refractivity contribution in [3.05, 3.63) is 48.0 Å². The van der Waals surface area contributed by atoms with Crippen LogP contribution in [0.5, 0.6) is 17.2 Å². The van der Waals surface area contributed by atoms with Crippen LogP contribution < -0.4 is 19.5 Å². The summed E-state index contributed by atoms with van der Waals surface area (Å²) in [5.74, 6) is 0.891. The van der Waals surface area contributed by atoms with E-state index in [-0.39, 0.29) is 10.6 Å². The lowest BCUT2D eigenvalue weighted by atomic mass is 10.1. The minimum absolute atomic E-state index is 0.0551. The number of methoxy groups -OCH3 is 3. The summed E-state index contributed by atoms with van der Waals surface area (Å²) in [6, 6.07) is 9.59. The number of amides is 1. The summed E-state index contributed by atoms with van der Waals surface area (Å²) in [5, 5.41) is 2.57. The Balaban J connectivity index is 2.26. The molecule has 1 amide bonds. The van der Waals surface area contributed by atoms with E-state index in [0.717, 1.165) is 6.26 Å². The van der Waals surface area contributed by atoms with Gasteiger partial charge in [0.05, 0.1) is 31.9 Å². The first kappa shape index (κ1) is 20.3. The summed E-state index contributed by atoms with van der Waals surface area (Å²) in [4.78, 5) is 12.3. The van der Waals surface area contributed by atoms with E-state index in [1.54, 1.807) is 30.3 Å². The van der Waals surface area contributed by atoms with Gasteiger partial charge in [-0.25, -0.2) is 8.42 Å². The molecule has 0 saturated heterocycles. The SMILES string of the molecule is COc1cc(/C=C/C(=O)Nc2ccccc2S(C)(=O)=O)cc(OC)c1OC. The van der Waals surface area contributed by atoms with Crippen LogP contribution in [-0.2, 0) is 14.6 Å². The molecule has 0 aliphatic heterocycles. The Kier molecular flexibility index (Phi) is 6.46. The van der Waals surface area contributed by atoms with Gasteiger partial charge in [0, 0.05) is 12.3 Å². The highest BCUT2D eigenvalue weighted by atomic mass is 32.2. The van der Waals surface area contributed by atoms with Gasteiger partial charge in [0.25, 0.3) is 0 Å². The molecule has 0 aromatic heterocycles. The molecule has 0 heterocycles. The van der Waals surface area contributed by atoms with Crippen LogP contribution in [0.25, 0.3) is 6.08 Å². The fourth-order valence-electron chi connectivity index (χ4n) is 2.44. The number of ether oxygens (including phenoxy) is 3. The highest BCUT2D eigenvalue weighted by Gasteiger charge is 2.14. The van der Waals surface area contributed by atoms with Crippen molar-refractivity contribution in [2.75, 3.05) is 32.9 Å². The van der Waals surface area contributed by atoms with Crippen molar-refractivity contribution in [2.24, 2.45) is 0 Å². The van der Waals surface area contributed by atoms with Gasteiger partial charge in [0.2, 0.25) is 11.7 Å². The largest absolute Gasteiger partial charge is 0.493 e. The number of sulfone groups is 1. The van der Waals surface area contributed by atoms with E-state index in [9.17, 15) is 13.2 Å². The fraction of sp³-hybridized carbons (Fsp3) is 0.211. The Hall–Kier alpha value is -3.00. The van der Waals surface area contributed by atoms with E-state index >= 15 is 0 Å². The number of rotatable bonds is 7. The molecule has 0 atom stereocenters. The molecular formula is C19H21NO6S. The third-order valence-electron chi connectivity index (χ3n) is 3.66. The van der Waals surface area contributed by atoms with Gasteiger partial charge in [0.15, 0.2) is 21.3 Å². The van der Waals surface area contributed by atoms with Gasteiger partial charge >= 0.3 is 0 Å². The molecule has 0 bridgehead atoms. The van der Waals surface area contributed by atoms with Crippen molar-refractivity contribution >= 4 is 27.5 Å². The molecule has 0 radical (unpaired) electrons. The Bertz CT molecular complexity index is 941. The molecule has 7 nitrogen and oxygen atoms in total. The van der Waals surface area contributed by atoms with E-state index in [0.29, 0.717) is 22.8 Å². The van der Waals surface area contributed by atoms with Gasteiger partial charge in [0.1, 0.15) is 0 Å². The van der Waals surface area contributed by atoms with Crippen molar-refractivity contribution in [3.63, 3.8) is 0 Å². The Morgan fingerprint density at radius 3 is 2.11 bits per heavy atom. The van der Waals surface area contributed by atoms with Gasteiger partial charge in [-0.1, -0.05) is 12.1 Å². The summed E-state index contributed by atoms with van der Waals surface area (Å²) in [6.45, 7) is 0. The quantitative estimate of drug-likeness (QED) is 0.730. The van der Waals surface area contributed by atoms with Crippen molar-refractivity contribution in [1.29, 1.82) is 0 Å². The van der Waals surface area contributed by atoms with Crippen LogP contribution in [0.15, 0.2) is 47.4 Å². The zero-order valence-electron chi connectivity index (χ0n) is 15.5. The second-order valence-electron chi connectivity index (χ2n) is 5.55. The van der Waals surface area contributed by atoms with Crippen LogP contribution in [0.3, 0.4) is 0 Å². The lowest BCUT2D eigenvalue weighted by Gasteiger charge is -2.12. The van der Waals surface area contributed by atoms with Crippen molar-refractivity contribution < 1.29 is 27.4 Å². The number of hydrogen-bond acceptors (Lipinski definition) is 6. The summed E-state index contributed by atoms with van der Waals surface area (Å²) >= 11 is 0. The third kappa shape index (κ3) is 5.01. The first-order valence-electron chi connectivity index (χ1n) is 7.88. The predicted molar refractivity (Wildman–Crippen MR) is 103 cm³/mol. The maximum absolute atomic E-state index is 12.2. The molecule has 1 N–H and O–H groups in total. The number of anilines is 1. The molecule has 2 rings (SSSR count). The maximum atomic E-state index is 12.2. The predicted octanol–water partition coefficient (Wildman–Crippen LogP) is 2.77. The van der Waals surface area contributed by atoms with Crippen LogP contribution in [0, 0.1) is 0 Å². The van der Waals surface area contributed by atoms with Gasteiger partial charge in [-0.15, -0.1) is 0 Å². The van der Waals surface area contributed by atoms with E-state index in [1.165, 1.54) is 39.5 Å². The first-order valence-corrected chi connectivity index (χ1v) is 9.77. The number of benzene rings is 2. The van der Waals surface area contributed by atoms with Crippen LogP contribution in [0.4, 0.5) is 5.69 Å². The molecule has 2 aromatic rings. The minimum atomic E-state index is -3.46. The third-order valence-corrected chi connectivity index (χ3v) is 4.81. The van der Waals surface area contributed by atoms with E-state index in [2.05, 4.69) is 5.32 Å². The molecule has 0 spiro atoms. The number of carbonyl (C=O) groups excluding carboxylic acids is 1. The highest BCUT2D eigenvalue weighted by molar-refractivity contribution is 7.90. The minimum Gasteiger partial charge on any atom is -0.493 e. The van der Waals surface area contributed by atoms with Crippen LogP contribution in [0.2, 0.25) is 0 Å². The molecular weight excluding hydrogens is 370 g/mol. The van der Waals surface area contributed by atoms with Crippen LogP contribution in [0.1, 0.15) is 5.56 Å². The molecule has 8 heteroatoms. The first-order chi connectivity index (χ1) is 12.8. The fourth-order valence-corrected chi connectivity index (χ4v) is 3.28. The summed E-state index contributed by atoms with van der Waals surface area (Å²) in [5.41, 5.74) is 0.871. The monoisotopic (exact) mass is 391 g/mol. The summed E-state index contributed by atoms with van der Waals surface area (Å²) in [7, 11) is 1.04. The highest BCUT2D eigenvalue weighted by Crippen LogP contribution is 2.38. The number of para-hydroxylation sites is 1. The lowest BCUT2D eigenvalue weighted by Crippen LogP contribution is -2.11. The van der Waals surface area contributed by atoms with Crippen LogP contribution >= 0.6 is 0 Å². The zero-order valence-corrected chi connectivity index (χ0v) is 16.3. The van der Waals surface area contributed by atoms with E-state index in [4.69, 9.17) is 14.2 Å². The van der Waals surface area contributed by atoms with Crippen molar-refractivity contribution in [1.82, 2.24) is 0 Å². The number of hydrogen-bond donors (Lipinski definition) is 1. The topological polar surface area (TPSA) is 90.9 Å². The van der Waals surface area contributed by atoms with Gasteiger partial charge < -0.3 is 19.5 Å². The molecule has 27 heavy (non-hydrogen) atoms. The zero-order chi connectivity index (χ0) is 20.0. The van der Waals surface area contributed by atoms with Gasteiger partial charge in [-0.05, 0) is 35.9 Å². The normalized spacial score (nSPS) is 11.3. The molecule has 0 fully saturated rings. The molecule has 144 valence electrons. The van der Waals surface area contributed by atoms with Gasteiger partial charge in [-0.3, -0.25) is 4.79 Å². The van der Waals surface area contributed by atoms with Crippen molar-refractivity contribution in [2.45, 2.75) is 4.90 Å². The van der Waals surface area contributed by atoms with Gasteiger partial charge in [-0.2, -0.15) is 0 Å². The average molecular weight is 391 g/mol. The van der Waals surface area contributed by atoms with E-state index in [1.807, 2.05) is 0 Å². The number of carbonyl (C=O) groups is 1. The molecule has 2 aromatic carbocycles. The molecule has 0 unspecified atom stereocenters. The molecule has 0 saturated carbocycles. The standard InChI is InChI=1S/C19H21NO6S/c1-24-15-11-13(12-16(25-2)19(15)26-3)9-10-18(21)20-14-7-5-6-8-17(14)27(4,22)23/h5-12H,1-4H3,(H,20,21)/b10-9+. The Labute approximate surface area is 158 Å². The van der Waals surface area contributed by atoms with Crippen LogP contribution in [-0.4, -0.2) is 41.9 Å². The second-order valence-corrected chi connectivity index (χ2v) is 7.53. The Morgan fingerprint density at radius 1 is 1.00 bits per heavy atom. The lowest BCUT2D eigenvalue weighted by molar-refractivity contribution is -0.111. The second kappa shape index (κ2) is 8.59. The smallest absolute Gasteiger partial charge is 0.248 e. The maximum Gasteiger partial charge on any atom is 0.248 e. The number of nitrogens with one attached hydrogen (secondary N) is 1.